The average Bonchev–Trinajstić information content (AvgIpc) is 2.36. The van der Waals surface area contributed by atoms with Crippen molar-refractivity contribution < 1.29 is 27.4 Å². The maximum absolute atomic E-state index is 12.4. The van der Waals surface area contributed by atoms with E-state index in [0.29, 0.717) is 23.5 Å². The zero-order valence-corrected chi connectivity index (χ0v) is 11.6. The summed E-state index contributed by atoms with van der Waals surface area (Å²) < 4.78 is 47.3. The minimum atomic E-state index is -4.41. The largest absolute Gasteiger partial charge is 0.494 e. The third kappa shape index (κ3) is 4.52. The van der Waals surface area contributed by atoms with Gasteiger partial charge in [-0.2, -0.15) is 13.2 Å². The van der Waals surface area contributed by atoms with Crippen LogP contribution in [-0.2, 0) is 11.3 Å². The molecule has 112 valence electrons. The number of ether oxygens (including phenoxy) is 2. The summed E-state index contributed by atoms with van der Waals surface area (Å²) in [6, 6.07) is 4.64. The Morgan fingerprint density at radius 2 is 2.00 bits per heavy atom. The molecule has 3 nitrogen and oxygen atoms in total. The Labute approximate surface area is 115 Å². The van der Waals surface area contributed by atoms with Gasteiger partial charge >= 0.3 is 6.18 Å². The van der Waals surface area contributed by atoms with E-state index in [4.69, 9.17) is 9.47 Å². The molecule has 1 atom stereocenters. The number of carbonyl (C=O) groups is 1. The zero-order valence-electron chi connectivity index (χ0n) is 11.6. The fourth-order valence-electron chi connectivity index (χ4n) is 1.52. The van der Waals surface area contributed by atoms with E-state index in [2.05, 4.69) is 0 Å². The predicted octanol–water partition coefficient (Wildman–Crippen LogP) is 3.76. The Balaban J connectivity index is 2.90. The highest BCUT2D eigenvalue weighted by Gasteiger charge is 2.37. The molecule has 0 heterocycles. The molecule has 0 amide bonds. The molecule has 0 aromatic heterocycles. The van der Waals surface area contributed by atoms with Crippen LogP contribution in [0, 0.1) is 0 Å². The van der Waals surface area contributed by atoms with Crippen LogP contribution >= 0.6 is 0 Å². The maximum Gasteiger partial charge on any atom is 0.414 e. The van der Waals surface area contributed by atoms with Crippen molar-refractivity contribution in [1.29, 1.82) is 0 Å². The molecule has 0 radical (unpaired) electrons. The summed E-state index contributed by atoms with van der Waals surface area (Å²) in [4.78, 5) is 11.3. The first-order valence-electron chi connectivity index (χ1n) is 6.20. The lowest BCUT2D eigenvalue weighted by atomic mass is 10.1. The van der Waals surface area contributed by atoms with Crippen molar-refractivity contribution in [3.63, 3.8) is 0 Å². The maximum atomic E-state index is 12.4. The van der Waals surface area contributed by atoms with Crippen LogP contribution in [0.4, 0.5) is 13.2 Å². The highest BCUT2D eigenvalue weighted by Crippen LogP contribution is 2.26. The second-order valence-corrected chi connectivity index (χ2v) is 4.31. The van der Waals surface area contributed by atoms with Crippen LogP contribution in [0.2, 0.25) is 0 Å². The van der Waals surface area contributed by atoms with Crippen LogP contribution in [0.25, 0.3) is 0 Å². The molecule has 0 saturated carbocycles. The summed E-state index contributed by atoms with van der Waals surface area (Å²) in [5, 5.41) is 0. The van der Waals surface area contributed by atoms with E-state index < -0.39 is 12.3 Å². The molecule has 0 N–H and O–H groups in total. The monoisotopic (exact) mass is 290 g/mol. The first-order valence-corrected chi connectivity index (χ1v) is 6.20. The molecule has 0 fully saturated rings. The topological polar surface area (TPSA) is 35.5 Å². The Bertz CT molecular complexity index is 469. The van der Waals surface area contributed by atoms with Gasteiger partial charge in [-0.05, 0) is 39.0 Å². The van der Waals surface area contributed by atoms with E-state index in [1.54, 1.807) is 19.1 Å². The number of halogens is 3. The standard InChI is InChI=1S/C14H17F3O3/c1-4-19-13-6-5-11(9(2)18)7-12(13)8-20-10(3)14(15,16)17/h5-7,10H,4,8H2,1-3H3. The van der Waals surface area contributed by atoms with Gasteiger partial charge in [-0.15, -0.1) is 0 Å². The van der Waals surface area contributed by atoms with Crippen molar-refractivity contribution in [2.45, 2.75) is 39.7 Å². The Morgan fingerprint density at radius 1 is 1.35 bits per heavy atom. The van der Waals surface area contributed by atoms with Gasteiger partial charge in [0.25, 0.3) is 0 Å². The molecule has 0 aliphatic carbocycles. The summed E-state index contributed by atoms with van der Waals surface area (Å²) in [5.74, 6) is 0.255. The molecule has 0 spiro atoms. The predicted molar refractivity (Wildman–Crippen MR) is 67.9 cm³/mol. The third-order valence-electron chi connectivity index (χ3n) is 2.72. The number of rotatable bonds is 6. The van der Waals surface area contributed by atoms with Crippen LogP contribution in [-0.4, -0.2) is 24.7 Å². The summed E-state index contributed by atoms with van der Waals surface area (Å²) >= 11 is 0. The van der Waals surface area contributed by atoms with Gasteiger partial charge in [0, 0.05) is 11.1 Å². The molecule has 20 heavy (non-hydrogen) atoms. The van der Waals surface area contributed by atoms with E-state index in [1.165, 1.54) is 13.0 Å². The molecule has 6 heteroatoms. The van der Waals surface area contributed by atoms with Gasteiger partial charge in [0.15, 0.2) is 11.9 Å². The number of alkyl halides is 3. The lowest BCUT2D eigenvalue weighted by Gasteiger charge is -2.18. The summed E-state index contributed by atoms with van der Waals surface area (Å²) in [7, 11) is 0. The molecule has 1 aromatic rings. The number of carbonyl (C=O) groups excluding carboxylic acids is 1. The van der Waals surface area contributed by atoms with Gasteiger partial charge in [-0.1, -0.05) is 0 Å². The SMILES string of the molecule is CCOc1ccc(C(C)=O)cc1COC(C)C(F)(F)F. The lowest BCUT2D eigenvalue weighted by Crippen LogP contribution is -2.28. The second kappa shape index (κ2) is 6.74. The highest BCUT2D eigenvalue weighted by atomic mass is 19.4. The minimum absolute atomic E-state index is 0.168. The van der Waals surface area contributed by atoms with Gasteiger partial charge in [0.05, 0.1) is 13.2 Å². The van der Waals surface area contributed by atoms with Crippen LogP contribution < -0.4 is 4.74 Å². The van der Waals surface area contributed by atoms with Crippen molar-refractivity contribution in [3.8, 4) is 5.75 Å². The Hall–Kier alpha value is -1.56. The van der Waals surface area contributed by atoms with Crippen molar-refractivity contribution in [3.05, 3.63) is 29.3 Å². The quantitative estimate of drug-likeness (QED) is 0.748. The molecule has 0 saturated heterocycles. The van der Waals surface area contributed by atoms with Crippen molar-refractivity contribution in [1.82, 2.24) is 0 Å². The zero-order chi connectivity index (χ0) is 15.3. The van der Waals surface area contributed by atoms with Crippen LogP contribution in [0.15, 0.2) is 18.2 Å². The molecule has 1 rings (SSSR count). The molecule has 0 bridgehead atoms. The number of ketones is 1. The fourth-order valence-corrected chi connectivity index (χ4v) is 1.52. The van der Waals surface area contributed by atoms with E-state index in [-0.39, 0.29) is 12.4 Å². The van der Waals surface area contributed by atoms with Crippen molar-refractivity contribution >= 4 is 5.78 Å². The Morgan fingerprint density at radius 3 is 2.50 bits per heavy atom. The van der Waals surface area contributed by atoms with E-state index in [9.17, 15) is 18.0 Å². The van der Waals surface area contributed by atoms with Crippen molar-refractivity contribution in [2.75, 3.05) is 6.61 Å². The smallest absolute Gasteiger partial charge is 0.414 e. The highest BCUT2D eigenvalue weighted by molar-refractivity contribution is 5.94. The lowest BCUT2D eigenvalue weighted by molar-refractivity contribution is -0.217. The van der Waals surface area contributed by atoms with E-state index >= 15 is 0 Å². The summed E-state index contributed by atoms with van der Waals surface area (Å²) in [6.07, 6.45) is -6.29. The minimum Gasteiger partial charge on any atom is -0.494 e. The van der Waals surface area contributed by atoms with Crippen LogP contribution in [0.1, 0.15) is 36.7 Å². The number of benzene rings is 1. The molecular weight excluding hydrogens is 273 g/mol. The van der Waals surface area contributed by atoms with Crippen molar-refractivity contribution in [2.24, 2.45) is 0 Å². The molecule has 1 aromatic carbocycles. The number of hydrogen-bond donors (Lipinski definition) is 0. The molecule has 0 aliphatic rings. The first-order chi connectivity index (χ1) is 9.25. The third-order valence-corrected chi connectivity index (χ3v) is 2.72. The van der Waals surface area contributed by atoms with E-state index in [0.717, 1.165) is 6.92 Å². The average molecular weight is 290 g/mol. The number of Topliss-reactive ketones (excluding diaryl/α,β-unsaturated/α-hetero) is 1. The van der Waals surface area contributed by atoms with Gasteiger partial charge in [-0.3, -0.25) is 4.79 Å². The first kappa shape index (κ1) is 16.5. The second-order valence-electron chi connectivity index (χ2n) is 4.31. The van der Waals surface area contributed by atoms with Gasteiger partial charge < -0.3 is 9.47 Å². The Kier molecular flexibility index (Phi) is 5.56. The van der Waals surface area contributed by atoms with Gasteiger partial charge in [0.1, 0.15) is 5.75 Å². The molecular formula is C14H17F3O3. The molecule has 1 unspecified atom stereocenters. The normalized spacial score (nSPS) is 13.1. The van der Waals surface area contributed by atoms with Gasteiger partial charge in [-0.25, -0.2) is 0 Å². The summed E-state index contributed by atoms with van der Waals surface area (Å²) in [6.45, 7) is 4.20. The summed E-state index contributed by atoms with van der Waals surface area (Å²) in [5.41, 5.74) is 0.836. The van der Waals surface area contributed by atoms with Crippen LogP contribution in [0.3, 0.4) is 0 Å². The van der Waals surface area contributed by atoms with Crippen LogP contribution in [0.5, 0.6) is 5.75 Å². The molecule has 0 aliphatic heterocycles. The number of hydrogen-bond acceptors (Lipinski definition) is 3. The van der Waals surface area contributed by atoms with Gasteiger partial charge in [0.2, 0.25) is 0 Å². The fraction of sp³-hybridized carbons (Fsp3) is 0.500. The van der Waals surface area contributed by atoms with E-state index in [1.807, 2.05) is 0 Å².